The van der Waals surface area contributed by atoms with Gasteiger partial charge in [-0.05, 0) is 23.1 Å². The van der Waals surface area contributed by atoms with Crippen molar-refractivity contribution < 1.29 is 4.74 Å². The lowest BCUT2D eigenvalue weighted by atomic mass is 9.87. The molecular formula is C13H21N3O. The lowest BCUT2D eigenvalue weighted by molar-refractivity contribution is 0.328. The van der Waals surface area contributed by atoms with Gasteiger partial charge in [0.25, 0.3) is 0 Å². The molecule has 0 aromatic heterocycles. The van der Waals surface area contributed by atoms with Gasteiger partial charge in [0, 0.05) is 0 Å². The van der Waals surface area contributed by atoms with Crippen molar-refractivity contribution >= 4 is 5.96 Å². The maximum Gasteiger partial charge on any atom is 0.186 e. The zero-order valence-electron chi connectivity index (χ0n) is 10.7. The molecule has 0 amide bonds. The molecule has 0 radical (unpaired) electrons. The van der Waals surface area contributed by atoms with Crippen molar-refractivity contribution in [3.05, 3.63) is 29.8 Å². The SMILES string of the molecule is CC(C)(C)c1ccc(OCCN=C(N)N)cc1. The minimum Gasteiger partial charge on any atom is -0.492 e. The summed E-state index contributed by atoms with van der Waals surface area (Å²) in [5.41, 5.74) is 11.9. The van der Waals surface area contributed by atoms with E-state index in [4.69, 9.17) is 16.2 Å². The molecule has 94 valence electrons. The van der Waals surface area contributed by atoms with Crippen LogP contribution in [-0.4, -0.2) is 19.1 Å². The van der Waals surface area contributed by atoms with Crippen LogP contribution in [0.25, 0.3) is 0 Å². The molecule has 1 aromatic carbocycles. The van der Waals surface area contributed by atoms with Crippen LogP contribution in [0.4, 0.5) is 0 Å². The molecule has 0 bridgehead atoms. The molecule has 0 saturated carbocycles. The quantitative estimate of drug-likeness (QED) is 0.473. The molecule has 0 aliphatic rings. The molecule has 0 aliphatic carbocycles. The Hall–Kier alpha value is -1.71. The van der Waals surface area contributed by atoms with E-state index in [9.17, 15) is 0 Å². The highest BCUT2D eigenvalue weighted by molar-refractivity contribution is 5.75. The van der Waals surface area contributed by atoms with Crippen LogP contribution in [-0.2, 0) is 5.41 Å². The molecule has 0 fully saturated rings. The van der Waals surface area contributed by atoms with E-state index in [-0.39, 0.29) is 11.4 Å². The van der Waals surface area contributed by atoms with Crippen molar-refractivity contribution in [1.29, 1.82) is 0 Å². The van der Waals surface area contributed by atoms with Crippen molar-refractivity contribution in [1.82, 2.24) is 0 Å². The highest BCUT2D eigenvalue weighted by Crippen LogP contribution is 2.24. The molecule has 4 nitrogen and oxygen atoms in total. The molecule has 0 aliphatic heterocycles. The summed E-state index contributed by atoms with van der Waals surface area (Å²) in [4.78, 5) is 3.84. The number of guanidine groups is 1. The number of benzene rings is 1. The predicted molar refractivity (Wildman–Crippen MR) is 71.3 cm³/mol. The first-order valence-corrected chi connectivity index (χ1v) is 5.68. The number of nitrogens with two attached hydrogens (primary N) is 2. The van der Waals surface area contributed by atoms with Gasteiger partial charge in [0.05, 0.1) is 6.54 Å². The molecule has 0 spiro atoms. The second-order valence-electron chi connectivity index (χ2n) is 4.93. The molecule has 0 atom stereocenters. The Kier molecular flexibility index (Phi) is 4.37. The highest BCUT2D eigenvalue weighted by Gasteiger charge is 2.12. The zero-order valence-corrected chi connectivity index (χ0v) is 10.7. The van der Waals surface area contributed by atoms with Gasteiger partial charge in [-0.3, -0.25) is 4.99 Å². The third kappa shape index (κ3) is 4.76. The van der Waals surface area contributed by atoms with Gasteiger partial charge in [0.2, 0.25) is 0 Å². The zero-order chi connectivity index (χ0) is 12.9. The van der Waals surface area contributed by atoms with Crippen molar-refractivity contribution in [3.8, 4) is 5.75 Å². The van der Waals surface area contributed by atoms with Crippen LogP contribution in [0, 0.1) is 0 Å². The topological polar surface area (TPSA) is 73.6 Å². The summed E-state index contributed by atoms with van der Waals surface area (Å²) in [6, 6.07) is 8.10. The van der Waals surface area contributed by atoms with E-state index >= 15 is 0 Å². The lowest BCUT2D eigenvalue weighted by Gasteiger charge is -2.19. The van der Waals surface area contributed by atoms with Crippen LogP contribution < -0.4 is 16.2 Å². The molecule has 0 unspecified atom stereocenters. The normalized spacial score (nSPS) is 11.0. The number of rotatable bonds is 4. The molecule has 17 heavy (non-hydrogen) atoms. The molecule has 0 saturated heterocycles. The highest BCUT2D eigenvalue weighted by atomic mass is 16.5. The Morgan fingerprint density at radius 1 is 1.18 bits per heavy atom. The summed E-state index contributed by atoms with van der Waals surface area (Å²) in [5, 5.41) is 0. The Labute approximate surface area is 103 Å². The van der Waals surface area contributed by atoms with Gasteiger partial charge in [0.15, 0.2) is 5.96 Å². The van der Waals surface area contributed by atoms with Gasteiger partial charge < -0.3 is 16.2 Å². The summed E-state index contributed by atoms with van der Waals surface area (Å²) < 4.78 is 5.51. The van der Waals surface area contributed by atoms with Crippen LogP contribution in [0.2, 0.25) is 0 Å². The van der Waals surface area contributed by atoms with E-state index < -0.39 is 0 Å². The molecule has 1 aromatic rings. The minimum absolute atomic E-state index is 0.0941. The molecular weight excluding hydrogens is 214 g/mol. The first-order chi connectivity index (χ1) is 7.89. The number of hydrogen-bond acceptors (Lipinski definition) is 2. The maximum absolute atomic E-state index is 5.51. The van der Waals surface area contributed by atoms with Crippen molar-refractivity contribution in [2.75, 3.05) is 13.2 Å². The summed E-state index contributed by atoms with van der Waals surface area (Å²) in [6.07, 6.45) is 0. The fourth-order valence-electron chi connectivity index (χ4n) is 1.39. The van der Waals surface area contributed by atoms with E-state index in [2.05, 4.69) is 37.9 Å². The Morgan fingerprint density at radius 3 is 2.24 bits per heavy atom. The van der Waals surface area contributed by atoms with E-state index in [0.29, 0.717) is 13.2 Å². The van der Waals surface area contributed by atoms with Crippen LogP contribution >= 0.6 is 0 Å². The first kappa shape index (κ1) is 13.4. The van der Waals surface area contributed by atoms with Gasteiger partial charge >= 0.3 is 0 Å². The largest absolute Gasteiger partial charge is 0.492 e. The molecule has 4 heteroatoms. The maximum atomic E-state index is 5.51. The summed E-state index contributed by atoms with van der Waals surface area (Å²) >= 11 is 0. The van der Waals surface area contributed by atoms with E-state index in [1.54, 1.807) is 0 Å². The summed E-state index contributed by atoms with van der Waals surface area (Å²) in [5.74, 6) is 0.931. The van der Waals surface area contributed by atoms with Gasteiger partial charge in [-0.15, -0.1) is 0 Å². The Bertz CT molecular complexity index is 373. The van der Waals surface area contributed by atoms with Crippen LogP contribution in [0.15, 0.2) is 29.3 Å². The van der Waals surface area contributed by atoms with Crippen molar-refractivity contribution in [3.63, 3.8) is 0 Å². The fraction of sp³-hybridized carbons (Fsp3) is 0.462. The van der Waals surface area contributed by atoms with Gasteiger partial charge in [-0.2, -0.15) is 0 Å². The lowest BCUT2D eigenvalue weighted by Crippen LogP contribution is -2.23. The molecule has 0 heterocycles. The minimum atomic E-state index is 0.0941. The van der Waals surface area contributed by atoms with Gasteiger partial charge in [-0.25, -0.2) is 0 Å². The van der Waals surface area contributed by atoms with E-state index in [1.807, 2.05) is 12.1 Å². The number of nitrogens with zero attached hydrogens (tertiary/aromatic N) is 1. The average Bonchev–Trinajstić information content (AvgIpc) is 2.23. The summed E-state index contributed by atoms with van der Waals surface area (Å²) in [7, 11) is 0. The third-order valence-electron chi connectivity index (χ3n) is 2.37. The number of aliphatic imine (C=N–C) groups is 1. The number of ether oxygens (including phenoxy) is 1. The fourth-order valence-corrected chi connectivity index (χ4v) is 1.39. The van der Waals surface area contributed by atoms with Crippen molar-refractivity contribution in [2.24, 2.45) is 16.5 Å². The molecule has 4 N–H and O–H groups in total. The third-order valence-corrected chi connectivity index (χ3v) is 2.37. The van der Waals surface area contributed by atoms with Gasteiger partial charge in [-0.1, -0.05) is 32.9 Å². The second-order valence-corrected chi connectivity index (χ2v) is 4.93. The monoisotopic (exact) mass is 235 g/mol. The standard InChI is InChI=1S/C13H21N3O/c1-13(2,3)10-4-6-11(7-5-10)17-9-8-16-12(14)15/h4-7H,8-9H2,1-3H3,(H4,14,15,16). The van der Waals surface area contributed by atoms with Crippen LogP contribution in [0.1, 0.15) is 26.3 Å². The second kappa shape index (κ2) is 5.57. The van der Waals surface area contributed by atoms with E-state index in [1.165, 1.54) is 5.56 Å². The summed E-state index contributed by atoms with van der Waals surface area (Å²) in [6.45, 7) is 7.50. The van der Waals surface area contributed by atoms with Crippen molar-refractivity contribution in [2.45, 2.75) is 26.2 Å². The Balaban J connectivity index is 2.49. The predicted octanol–water partition coefficient (Wildman–Crippen LogP) is 1.64. The van der Waals surface area contributed by atoms with Gasteiger partial charge in [0.1, 0.15) is 12.4 Å². The Morgan fingerprint density at radius 2 is 1.76 bits per heavy atom. The molecule has 1 rings (SSSR count). The van der Waals surface area contributed by atoms with E-state index in [0.717, 1.165) is 5.75 Å². The smallest absolute Gasteiger partial charge is 0.186 e. The average molecular weight is 235 g/mol. The number of hydrogen-bond donors (Lipinski definition) is 2. The van der Waals surface area contributed by atoms with Crippen LogP contribution in [0.5, 0.6) is 5.75 Å². The first-order valence-electron chi connectivity index (χ1n) is 5.68. The van der Waals surface area contributed by atoms with Crippen LogP contribution in [0.3, 0.4) is 0 Å².